The maximum absolute atomic E-state index is 9.66. The van der Waals surface area contributed by atoms with Crippen LogP contribution >= 0.6 is 8.86 Å². The number of allylic oxidation sites excluding steroid dienone is 2. The van der Waals surface area contributed by atoms with Crippen LogP contribution in [0.25, 0.3) is 0 Å². The summed E-state index contributed by atoms with van der Waals surface area (Å²) in [5.74, 6) is 1.86. The summed E-state index contributed by atoms with van der Waals surface area (Å²) < 4.78 is 5.66. The number of aliphatic hydroxyl groups excluding tert-OH is 2. The molecule has 1 fully saturated rings. The maximum Gasteiger partial charge on any atom is 0.106 e. The van der Waals surface area contributed by atoms with Crippen molar-refractivity contribution in [2.24, 2.45) is 0 Å². The molecule has 0 aliphatic carbocycles. The largest absolute Gasteiger partial charge is 0.390 e. The van der Waals surface area contributed by atoms with Crippen LogP contribution in [0.5, 0.6) is 0 Å². The number of ether oxygens (including phenoxy) is 1. The molecule has 0 saturated carbocycles. The smallest absolute Gasteiger partial charge is 0.106 e. The average molecular weight is 258 g/mol. The van der Waals surface area contributed by atoms with Crippen molar-refractivity contribution >= 4 is 14.7 Å². The lowest BCUT2D eigenvalue weighted by Gasteiger charge is -2.35. The summed E-state index contributed by atoms with van der Waals surface area (Å²) in [5, 5.41) is 19.2. The van der Waals surface area contributed by atoms with E-state index in [1.165, 1.54) is 5.57 Å². The molecule has 1 rings (SSSR count). The van der Waals surface area contributed by atoms with Crippen molar-refractivity contribution in [3.63, 3.8) is 0 Å². The van der Waals surface area contributed by atoms with Crippen LogP contribution < -0.4 is 0 Å². The predicted molar refractivity (Wildman–Crippen MR) is 73.0 cm³/mol. The van der Waals surface area contributed by atoms with Crippen molar-refractivity contribution in [3.8, 4) is 0 Å². The fourth-order valence-corrected chi connectivity index (χ4v) is 2.47. The van der Waals surface area contributed by atoms with E-state index in [9.17, 15) is 10.2 Å². The third kappa shape index (κ3) is 4.89. The summed E-state index contributed by atoms with van der Waals surface area (Å²) in [6.45, 7) is 3.91. The van der Waals surface area contributed by atoms with E-state index in [1.54, 1.807) is 0 Å². The van der Waals surface area contributed by atoms with E-state index in [0.29, 0.717) is 6.42 Å². The molecule has 98 valence electrons. The Morgan fingerprint density at radius 2 is 2.18 bits per heavy atom. The quantitative estimate of drug-likeness (QED) is 0.741. The Bertz CT molecular complexity index is 266. The minimum atomic E-state index is -0.740. The molecule has 0 aromatic heterocycles. The van der Waals surface area contributed by atoms with Crippen molar-refractivity contribution < 1.29 is 14.9 Å². The van der Waals surface area contributed by atoms with E-state index in [-0.39, 0.29) is 12.2 Å². The van der Waals surface area contributed by atoms with Gasteiger partial charge in [0.1, 0.15) is 6.10 Å². The number of hydrogen-bond acceptors (Lipinski definition) is 3. The van der Waals surface area contributed by atoms with Crippen LogP contribution in [0.4, 0.5) is 0 Å². The molecule has 0 spiro atoms. The molecule has 0 bridgehead atoms. The minimum Gasteiger partial charge on any atom is -0.390 e. The first kappa shape index (κ1) is 14.8. The third-order valence-corrected chi connectivity index (χ3v) is 3.42. The lowest BCUT2D eigenvalue weighted by atomic mass is 9.95. The van der Waals surface area contributed by atoms with Gasteiger partial charge in [-0.2, -0.15) is 0 Å². The number of rotatable bonds is 5. The van der Waals surface area contributed by atoms with Crippen molar-refractivity contribution in [2.75, 3.05) is 0 Å². The fraction of sp³-hybridized carbons (Fsp3) is 0.769. The van der Waals surface area contributed by atoms with Gasteiger partial charge in [0.05, 0.1) is 18.3 Å². The molecular weight excluding hydrogens is 235 g/mol. The summed E-state index contributed by atoms with van der Waals surface area (Å²) in [4.78, 5) is 0. The van der Waals surface area contributed by atoms with Crippen molar-refractivity contribution in [3.05, 3.63) is 11.6 Å². The van der Waals surface area contributed by atoms with Crippen LogP contribution in [0.3, 0.4) is 0 Å². The van der Waals surface area contributed by atoms with Crippen molar-refractivity contribution in [1.29, 1.82) is 0 Å². The van der Waals surface area contributed by atoms with Crippen LogP contribution in [0, 0.1) is 0 Å². The van der Waals surface area contributed by atoms with E-state index in [4.69, 9.17) is 4.74 Å². The van der Waals surface area contributed by atoms with Gasteiger partial charge in [0.15, 0.2) is 0 Å². The Labute approximate surface area is 106 Å². The zero-order chi connectivity index (χ0) is 12.8. The second kappa shape index (κ2) is 7.27. The average Bonchev–Trinajstić information content (AvgIpc) is 2.26. The van der Waals surface area contributed by atoms with Crippen molar-refractivity contribution in [2.45, 2.75) is 63.9 Å². The Hall–Kier alpha value is -0.210. The summed E-state index contributed by atoms with van der Waals surface area (Å²) in [7, 11) is 3.30. The molecule has 1 heterocycles. The Morgan fingerprint density at radius 1 is 1.47 bits per heavy atom. The molecule has 1 aliphatic rings. The van der Waals surface area contributed by atoms with Gasteiger partial charge >= 0.3 is 0 Å². The molecule has 0 aromatic rings. The first-order valence-corrected chi connectivity index (χ1v) is 6.80. The summed E-state index contributed by atoms with van der Waals surface area (Å²) in [5.41, 5.74) is 1.32. The monoisotopic (exact) mass is 258 g/mol. The highest BCUT2D eigenvalue weighted by Crippen LogP contribution is 2.24. The minimum absolute atomic E-state index is 0.0729. The molecule has 0 amide bonds. The van der Waals surface area contributed by atoms with E-state index >= 15 is 0 Å². The van der Waals surface area contributed by atoms with E-state index in [1.807, 2.05) is 18.8 Å². The predicted octanol–water partition coefficient (Wildman–Crippen LogP) is 1.95. The highest BCUT2D eigenvalue weighted by molar-refractivity contribution is 7.18. The molecule has 2 N–H and O–H groups in total. The Balaban J connectivity index is 2.28. The van der Waals surface area contributed by atoms with Crippen LogP contribution in [0.15, 0.2) is 11.6 Å². The molecule has 0 aromatic carbocycles. The summed E-state index contributed by atoms with van der Waals surface area (Å²) in [6, 6.07) is 0. The lowest BCUT2D eigenvalue weighted by molar-refractivity contribution is -0.163. The Kier molecular flexibility index (Phi) is 6.35. The standard InChI is InChI=1S/C13H23O3P/c1-9(6-7-17)4-3-5-11-8-12(14)13(15)10(2)16-11/h6-7,10-15,17H,3-5,8H2,1-2H3/b9-6+. The second-order valence-corrected chi connectivity index (χ2v) is 5.16. The highest BCUT2D eigenvalue weighted by Gasteiger charge is 2.33. The van der Waals surface area contributed by atoms with Gasteiger partial charge in [-0.3, -0.25) is 0 Å². The molecule has 4 heteroatoms. The summed E-state index contributed by atoms with van der Waals surface area (Å²) >= 11 is 0. The fourth-order valence-electron chi connectivity index (χ4n) is 2.18. The Morgan fingerprint density at radius 3 is 2.76 bits per heavy atom. The van der Waals surface area contributed by atoms with Gasteiger partial charge in [0.25, 0.3) is 0 Å². The topological polar surface area (TPSA) is 49.7 Å². The first-order chi connectivity index (χ1) is 8.04. The SMILES string of the molecule is C/C(=C\C=P)CCCC1CC(O)C(O)C(C)O1. The molecular formula is C13H23O3P. The van der Waals surface area contributed by atoms with Crippen LogP contribution in [0.2, 0.25) is 0 Å². The van der Waals surface area contributed by atoms with Crippen LogP contribution in [-0.2, 0) is 4.74 Å². The van der Waals surface area contributed by atoms with Gasteiger partial charge in [-0.1, -0.05) is 11.6 Å². The zero-order valence-corrected chi connectivity index (χ0v) is 11.6. The maximum atomic E-state index is 9.66. The van der Waals surface area contributed by atoms with Gasteiger partial charge < -0.3 is 14.9 Å². The molecule has 1 aliphatic heterocycles. The van der Waals surface area contributed by atoms with Gasteiger partial charge in [-0.25, -0.2) is 0 Å². The molecule has 4 atom stereocenters. The summed E-state index contributed by atoms with van der Waals surface area (Å²) in [6.07, 6.45) is 4.02. The molecule has 0 radical (unpaired) electrons. The molecule has 17 heavy (non-hydrogen) atoms. The zero-order valence-electron chi connectivity index (χ0n) is 10.6. The first-order valence-electron chi connectivity index (χ1n) is 6.22. The molecule has 1 saturated heterocycles. The van der Waals surface area contributed by atoms with Gasteiger partial charge in [-0.05, 0) is 38.9 Å². The highest BCUT2D eigenvalue weighted by atomic mass is 31.0. The normalized spacial score (nSPS) is 34.7. The molecule has 4 unspecified atom stereocenters. The number of aliphatic hydroxyl groups is 2. The van der Waals surface area contributed by atoms with Crippen LogP contribution in [-0.4, -0.2) is 40.4 Å². The van der Waals surface area contributed by atoms with E-state index < -0.39 is 12.2 Å². The second-order valence-electron chi connectivity index (χ2n) is 4.83. The number of hydrogen-bond donors (Lipinski definition) is 2. The van der Waals surface area contributed by atoms with Gasteiger partial charge in [0, 0.05) is 6.42 Å². The van der Waals surface area contributed by atoms with E-state index in [0.717, 1.165) is 19.3 Å². The van der Waals surface area contributed by atoms with E-state index in [2.05, 4.69) is 15.8 Å². The van der Waals surface area contributed by atoms with Gasteiger partial charge in [-0.15, -0.1) is 8.86 Å². The van der Waals surface area contributed by atoms with Gasteiger partial charge in [0.2, 0.25) is 0 Å². The molecule has 3 nitrogen and oxygen atoms in total. The van der Waals surface area contributed by atoms with Crippen molar-refractivity contribution in [1.82, 2.24) is 0 Å². The third-order valence-electron chi connectivity index (χ3n) is 3.25. The lowest BCUT2D eigenvalue weighted by Crippen LogP contribution is -2.46. The van der Waals surface area contributed by atoms with Crippen LogP contribution in [0.1, 0.15) is 39.5 Å².